The highest BCUT2D eigenvalue weighted by Gasteiger charge is 2.13. The molecule has 0 amide bonds. The van der Waals surface area contributed by atoms with Crippen molar-refractivity contribution in [3.05, 3.63) is 42.0 Å². The van der Waals surface area contributed by atoms with Crippen LogP contribution in [0.5, 0.6) is 0 Å². The van der Waals surface area contributed by atoms with E-state index in [1.807, 2.05) is 25.2 Å². The molecule has 5 nitrogen and oxygen atoms in total. The second-order valence-corrected chi connectivity index (χ2v) is 3.01. The highest BCUT2D eigenvalue weighted by Crippen LogP contribution is 2.14. The molecular weight excluding hydrogens is 178 g/mol. The molecule has 0 aromatic carbocycles. The smallest absolute Gasteiger partial charge is 0.0913 e. The fourth-order valence-corrected chi connectivity index (χ4v) is 1.29. The summed E-state index contributed by atoms with van der Waals surface area (Å²) < 4.78 is 1.65. The van der Waals surface area contributed by atoms with Gasteiger partial charge in [0.25, 0.3) is 0 Å². The maximum absolute atomic E-state index is 6.00. The van der Waals surface area contributed by atoms with Crippen LogP contribution in [0.4, 0.5) is 0 Å². The van der Waals surface area contributed by atoms with Gasteiger partial charge in [-0.15, -0.1) is 5.10 Å². The summed E-state index contributed by atoms with van der Waals surface area (Å²) in [5.74, 6) is 0. The van der Waals surface area contributed by atoms with Crippen molar-refractivity contribution in [3.8, 4) is 0 Å². The van der Waals surface area contributed by atoms with Crippen LogP contribution < -0.4 is 5.73 Å². The van der Waals surface area contributed by atoms with Gasteiger partial charge >= 0.3 is 0 Å². The quantitative estimate of drug-likeness (QED) is 0.735. The lowest BCUT2D eigenvalue weighted by Crippen LogP contribution is -2.16. The number of aryl methyl sites for hydroxylation is 1. The number of nitrogens with zero attached hydrogens (tertiary/aromatic N) is 4. The van der Waals surface area contributed by atoms with Gasteiger partial charge in [0.15, 0.2) is 0 Å². The first-order chi connectivity index (χ1) is 6.79. The van der Waals surface area contributed by atoms with Gasteiger partial charge in [-0.3, -0.25) is 9.67 Å². The van der Waals surface area contributed by atoms with E-state index in [4.69, 9.17) is 5.73 Å². The standard InChI is InChI=1S/C9H11N5/c1-14-8(6-12-13-14)9(10)7-4-2-3-5-11-7/h2-6,9H,10H2,1H3. The third-order valence-electron chi connectivity index (χ3n) is 2.07. The fourth-order valence-electron chi connectivity index (χ4n) is 1.29. The molecule has 0 fully saturated rings. The van der Waals surface area contributed by atoms with Crippen LogP contribution in [0.2, 0.25) is 0 Å². The van der Waals surface area contributed by atoms with E-state index in [0.29, 0.717) is 0 Å². The molecule has 0 aliphatic rings. The van der Waals surface area contributed by atoms with Gasteiger partial charge in [-0.05, 0) is 12.1 Å². The SMILES string of the molecule is Cn1nncc1C(N)c1ccccn1. The minimum Gasteiger partial charge on any atom is -0.318 e. The normalized spacial score (nSPS) is 12.7. The van der Waals surface area contributed by atoms with Crippen LogP contribution in [0.15, 0.2) is 30.6 Å². The van der Waals surface area contributed by atoms with E-state index in [9.17, 15) is 0 Å². The lowest BCUT2D eigenvalue weighted by Gasteiger charge is -2.09. The summed E-state index contributed by atoms with van der Waals surface area (Å²) in [7, 11) is 1.81. The minimum atomic E-state index is -0.267. The van der Waals surface area contributed by atoms with Gasteiger partial charge in [0.1, 0.15) is 0 Å². The zero-order valence-electron chi connectivity index (χ0n) is 7.83. The number of hydrogen-bond acceptors (Lipinski definition) is 4. The van der Waals surface area contributed by atoms with E-state index in [-0.39, 0.29) is 6.04 Å². The largest absolute Gasteiger partial charge is 0.318 e. The van der Waals surface area contributed by atoms with Crippen molar-refractivity contribution in [2.75, 3.05) is 0 Å². The minimum absolute atomic E-state index is 0.267. The Bertz CT molecular complexity index is 408. The Hall–Kier alpha value is -1.75. The average Bonchev–Trinajstić information content (AvgIpc) is 2.65. The number of pyridine rings is 1. The first kappa shape index (κ1) is 8.83. The maximum atomic E-state index is 6.00. The number of hydrogen-bond donors (Lipinski definition) is 1. The molecule has 0 aliphatic carbocycles. The van der Waals surface area contributed by atoms with Gasteiger partial charge in [-0.1, -0.05) is 11.3 Å². The van der Waals surface area contributed by atoms with Crippen LogP contribution in [0, 0.1) is 0 Å². The highest BCUT2D eigenvalue weighted by molar-refractivity contribution is 5.18. The van der Waals surface area contributed by atoms with Crippen LogP contribution in [-0.2, 0) is 7.05 Å². The Morgan fingerprint density at radius 3 is 2.86 bits per heavy atom. The Kier molecular flexibility index (Phi) is 2.24. The molecule has 0 saturated heterocycles. The molecule has 1 atom stereocenters. The monoisotopic (exact) mass is 189 g/mol. The van der Waals surface area contributed by atoms with Crippen LogP contribution in [-0.4, -0.2) is 20.0 Å². The Labute approximate surface area is 81.6 Å². The van der Waals surface area contributed by atoms with Crippen LogP contribution in [0.25, 0.3) is 0 Å². The molecule has 0 spiro atoms. The molecule has 1 unspecified atom stereocenters. The molecule has 2 aromatic rings. The summed E-state index contributed by atoms with van der Waals surface area (Å²) in [6, 6.07) is 5.39. The maximum Gasteiger partial charge on any atom is 0.0913 e. The van der Waals surface area contributed by atoms with Crippen molar-refractivity contribution in [3.63, 3.8) is 0 Å². The summed E-state index contributed by atoms with van der Waals surface area (Å²) in [4.78, 5) is 4.18. The van der Waals surface area contributed by atoms with Gasteiger partial charge < -0.3 is 5.73 Å². The van der Waals surface area contributed by atoms with Gasteiger partial charge in [-0.25, -0.2) is 0 Å². The third-order valence-corrected chi connectivity index (χ3v) is 2.07. The number of nitrogens with two attached hydrogens (primary N) is 1. The summed E-state index contributed by atoms with van der Waals surface area (Å²) in [5.41, 5.74) is 7.67. The van der Waals surface area contributed by atoms with E-state index in [0.717, 1.165) is 11.4 Å². The number of aromatic nitrogens is 4. The predicted octanol–water partition coefficient (Wildman–Crippen LogP) is 0.258. The molecule has 0 bridgehead atoms. The van der Waals surface area contributed by atoms with E-state index in [1.54, 1.807) is 17.1 Å². The topological polar surface area (TPSA) is 69.6 Å². The zero-order chi connectivity index (χ0) is 9.97. The van der Waals surface area contributed by atoms with Gasteiger partial charge in [0, 0.05) is 13.2 Å². The van der Waals surface area contributed by atoms with E-state index >= 15 is 0 Å². The summed E-state index contributed by atoms with van der Waals surface area (Å²) in [6.45, 7) is 0. The Morgan fingerprint density at radius 1 is 1.43 bits per heavy atom. The lowest BCUT2D eigenvalue weighted by atomic mass is 10.1. The van der Waals surface area contributed by atoms with Gasteiger partial charge in [-0.2, -0.15) is 0 Å². The average molecular weight is 189 g/mol. The molecule has 5 heteroatoms. The van der Waals surface area contributed by atoms with E-state index in [1.165, 1.54) is 0 Å². The second-order valence-electron chi connectivity index (χ2n) is 3.01. The summed E-state index contributed by atoms with van der Waals surface area (Å²) in [5, 5.41) is 7.60. The van der Waals surface area contributed by atoms with Crippen molar-refractivity contribution in [1.29, 1.82) is 0 Å². The predicted molar refractivity (Wildman–Crippen MR) is 51.3 cm³/mol. The van der Waals surface area contributed by atoms with Crippen molar-refractivity contribution < 1.29 is 0 Å². The second kappa shape index (κ2) is 3.55. The van der Waals surface area contributed by atoms with Gasteiger partial charge in [0.2, 0.25) is 0 Å². The summed E-state index contributed by atoms with van der Waals surface area (Å²) in [6.07, 6.45) is 3.37. The molecular formula is C9H11N5. The lowest BCUT2D eigenvalue weighted by molar-refractivity contribution is 0.644. The van der Waals surface area contributed by atoms with Crippen LogP contribution in [0.1, 0.15) is 17.4 Å². The molecule has 0 aliphatic heterocycles. The molecule has 2 N–H and O–H groups in total. The van der Waals surface area contributed by atoms with Crippen molar-refractivity contribution >= 4 is 0 Å². The highest BCUT2D eigenvalue weighted by atomic mass is 15.4. The first-order valence-corrected chi connectivity index (χ1v) is 4.30. The molecule has 0 radical (unpaired) electrons. The molecule has 72 valence electrons. The fraction of sp³-hybridized carbons (Fsp3) is 0.222. The van der Waals surface area contributed by atoms with Crippen molar-refractivity contribution in [1.82, 2.24) is 20.0 Å². The Balaban J connectivity index is 2.34. The summed E-state index contributed by atoms with van der Waals surface area (Å²) >= 11 is 0. The molecule has 14 heavy (non-hydrogen) atoms. The molecule has 2 heterocycles. The van der Waals surface area contributed by atoms with Gasteiger partial charge in [0.05, 0.1) is 23.6 Å². The van der Waals surface area contributed by atoms with E-state index in [2.05, 4.69) is 15.3 Å². The number of rotatable bonds is 2. The van der Waals surface area contributed by atoms with Crippen LogP contribution in [0.3, 0.4) is 0 Å². The van der Waals surface area contributed by atoms with Crippen molar-refractivity contribution in [2.24, 2.45) is 12.8 Å². The third kappa shape index (κ3) is 1.49. The molecule has 2 aromatic heterocycles. The van der Waals surface area contributed by atoms with E-state index < -0.39 is 0 Å². The van der Waals surface area contributed by atoms with Crippen molar-refractivity contribution in [2.45, 2.75) is 6.04 Å². The molecule has 2 rings (SSSR count). The Morgan fingerprint density at radius 2 is 2.29 bits per heavy atom. The molecule has 0 saturated carbocycles. The van der Waals surface area contributed by atoms with Crippen LogP contribution >= 0.6 is 0 Å². The zero-order valence-corrected chi connectivity index (χ0v) is 7.83. The first-order valence-electron chi connectivity index (χ1n) is 4.30.